The van der Waals surface area contributed by atoms with Crippen molar-refractivity contribution in [2.45, 2.75) is 44.0 Å². The van der Waals surface area contributed by atoms with Crippen LogP contribution in [-0.2, 0) is 6.18 Å². The molecule has 174 valence electrons. The Morgan fingerprint density at radius 3 is 2.61 bits per heavy atom. The lowest BCUT2D eigenvalue weighted by atomic mass is 9.87. The fourth-order valence-corrected chi connectivity index (χ4v) is 3.97. The molecule has 1 fully saturated rings. The number of nitrogens with zero attached hydrogens (tertiary/aromatic N) is 3. The van der Waals surface area contributed by atoms with Crippen LogP contribution in [0.2, 0.25) is 0 Å². The van der Waals surface area contributed by atoms with Gasteiger partial charge in [0.05, 0.1) is 17.7 Å². The number of aliphatic hydroxyl groups is 1. The first kappa shape index (κ1) is 22.8. The molecule has 0 spiro atoms. The van der Waals surface area contributed by atoms with Crippen LogP contribution in [0.1, 0.15) is 24.8 Å². The molecule has 1 saturated carbocycles. The Morgan fingerprint density at radius 1 is 1.12 bits per heavy atom. The summed E-state index contributed by atoms with van der Waals surface area (Å²) in [4.78, 5) is 4.05. The predicted octanol–water partition coefficient (Wildman–Crippen LogP) is 4.93. The van der Waals surface area contributed by atoms with Gasteiger partial charge in [-0.15, -0.1) is 10.2 Å². The molecule has 11 heteroatoms. The van der Waals surface area contributed by atoms with Crippen LogP contribution in [0, 0.1) is 0 Å². The number of anilines is 1. The van der Waals surface area contributed by atoms with Gasteiger partial charge in [0, 0.05) is 28.7 Å². The number of allylic oxidation sites excluding steroid dienone is 1. The standard InChI is InChI=1S/C22H19F5N4O2/c23-18(24)8-11-2-1-3-16(20(11)33)29-21-15-10-28-7-6-13(15)19(30-31-21)14-5-4-12(9-17(14)32)22(25,26)27/h4-10,16,18,20,32-33H,1-3H2,(H,29,31)/t16-,20-/m1/s1. The van der Waals surface area contributed by atoms with Crippen LogP contribution < -0.4 is 5.32 Å². The molecule has 2 atom stereocenters. The Hall–Kier alpha value is -3.34. The predicted molar refractivity (Wildman–Crippen MR) is 111 cm³/mol. The maximum absolute atomic E-state index is 12.9. The number of hydrogen-bond acceptors (Lipinski definition) is 6. The zero-order chi connectivity index (χ0) is 23.8. The largest absolute Gasteiger partial charge is 0.507 e. The minimum atomic E-state index is -4.61. The van der Waals surface area contributed by atoms with Gasteiger partial charge >= 0.3 is 6.18 Å². The molecule has 1 aromatic carbocycles. The van der Waals surface area contributed by atoms with Crippen LogP contribution in [0.5, 0.6) is 5.75 Å². The zero-order valence-corrected chi connectivity index (χ0v) is 17.0. The summed E-state index contributed by atoms with van der Waals surface area (Å²) in [6.07, 6.45) is -3.29. The summed E-state index contributed by atoms with van der Waals surface area (Å²) in [6, 6.07) is 3.55. The fraction of sp³-hybridized carbons (Fsp3) is 0.318. The molecular weight excluding hydrogens is 447 g/mol. The molecule has 0 aliphatic heterocycles. The summed E-state index contributed by atoms with van der Waals surface area (Å²) < 4.78 is 64.3. The highest BCUT2D eigenvalue weighted by Gasteiger charge is 2.32. The third-order valence-corrected chi connectivity index (χ3v) is 5.57. The normalized spacial score (nSPS) is 20.5. The Balaban J connectivity index is 1.71. The minimum Gasteiger partial charge on any atom is -0.507 e. The van der Waals surface area contributed by atoms with E-state index in [-0.39, 0.29) is 22.6 Å². The summed E-state index contributed by atoms with van der Waals surface area (Å²) in [7, 11) is 0. The van der Waals surface area contributed by atoms with E-state index in [0.29, 0.717) is 36.1 Å². The summed E-state index contributed by atoms with van der Waals surface area (Å²) in [5.74, 6) is -0.377. The van der Waals surface area contributed by atoms with Crippen molar-refractivity contribution >= 4 is 16.6 Å². The molecule has 2 heterocycles. The Kier molecular flexibility index (Phi) is 6.15. The van der Waals surface area contributed by atoms with Crippen LogP contribution in [0.25, 0.3) is 22.0 Å². The van der Waals surface area contributed by atoms with E-state index in [1.807, 2.05) is 0 Å². The van der Waals surface area contributed by atoms with Crippen LogP contribution in [0.4, 0.5) is 27.8 Å². The van der Waals surface area contributed by atoms with Crippen molar-refractivity contribution < 1.29 is 32.2 Å². The molecule has 6 nitrogen and oxygen atoms in total. The topological polar surface area (TPSA) is 91.2 Å². The van der Waals surface area contributed by atoms with Crippen molar-refractivity contribution in [3.63, 3.8) is 0 Å². The quantitative estimate of drug-likeness (QED) is 0.373. The third-order valence-electron chi connectivity index (χ3n) is 5.57. The van der Waals surface area contributed by atoms with E-state index >= 15 is 0 Å². The molecule has 3 N–H and O–H groups in total. The SMILES string of the molecule is Oc1cc(C(F)(F)F)ccc1-c1nnc(N[C@@H]2CCCC(=CC(F)F)[C@H]2O)c2cnccc12. The van der Waals surface area contributed by atoms with Crippen LogP contribution in [0.15, 0.2) is 48.3 Å². The number of aromatic hydroxyl groups is 1. The minimum absolute atomic E-state index is 0.0538. The van der Waals surface area contributed by atoms with Gasteiger partial charge in [0.2, 0.25) is 0 Å². The Labute approximate surface area is 184 Å². The number of aromatic nitrogens is 3. The van der Waals surface area contributed by atoms with Crippen molar-refractivity contribution in [1.29, 1.82) is 0 Å². The van der Waals surface area contributed by atoms with E-state index in [1.54, 1.807) is 6.07 Å². The molecule has 2 aromatic heterocycles. The van der Waals surface area contributed by atoms with E-state index in [1.165, 1.54) is 12.4 Å². The number of hydrogen-bond donors (Lipinski definition) is 3. The van der Waals surface area contributed by atoms with Crippen LogP contribution in [0.3, 0.4) is 0 Å². The highest BCUT2D eigenvalue weighted by Crippen LogP contribution is 2.39. The number of benzene rings is 1. The molecule has 1 aliphatic carbocycles. The number of pyridine rings is 1. The van der Waals surface area contributed by atoms with E-state index in [4.69, 9.17) is 0 Å². The first-order valence-electron chi connectivity index (χ1n) is 10.1. The highest BCUT2D eigenvalue weighted by atomic mass is 19.4. The maximum Gasteiger partial charge on any atom is 0.416 e. The second kappa shape index (κ2) is 8.89. The van der Waals surface area contributed by atoms with E-state index in [2.05, 4.69) is 20.5 Å². The number of fused-ring (bicyclic) bond motifs is 1. The average molecular weight is 466 g/mol. The number of phenolic OH excluding ortho intramolecular Hbond substituents is 1. The van der Waals surface area contributed by atoms with Crippen molar-refractivity contribution in [1.82, 2.24) is 15.2 Å². The number of halogens is 5. The molecule has 4 rings (SSSR count). The average Bonchev–Trinajstić information content (AvgIpc) is 2.76. The van der Waals surface area contributed by atoms with E-state index in [0.717, 1.165) is 18.2 Å². The van der Waals surface area contributed by atoms with Gasteiger partial charge in [0.1, 0.15) is 11.4 Å². The lowest BCUT2D eigenvalue weighted by Gasteiger charge is -2.31. The van der Waals surface area contributed by atoms with E-state index in [9.17, 15) is 32.2 Å². The maximum atomic E-state index is 12.9. The molecule has 0 bridgehead atoms. The summed E-state index contributed by atoms with van der Waals surface area (Å²) >= 11 is 0. The highest BCUT2D eigenvalue weighted by molar-refractivity contribution is 6.00. The van der Waals surface area contributed by atoms with Crippen molar-refractivity contribution in [2.24, 2.45) is 0 Å². The Bertz CT molecular complexity index is 1200. The van der Waals surface area contributed by atoms with E-state index < -0.39 is 36.1 Å². The molecule has 3 aromatic rings. The molecule has 0 unspecified atom stereocenters. The molecular formula is C22H19F5N4O2. The second-order valence-corrected chi connectivity index (χ2v) is 7.71. The summed E-state index contributed by atoms with van der Waals surface area (Å²) in [5.41, 5.74) is -0.555. The summed E-state index contributed by atoms with van der Waals surface area (Å²) in [6.45, 7) is 0. The van der Waals surface area contributed by atoms with Gasteiger partial charge in [0.15, 0.2) is 5.82 Å². The summed E-state index contributed by atoms with van der Waals surface area (Å²) in [5, 5.41) is 32.9. The first-order chi connectivity index (χ1) is 15.6. The molecule has 0 radical (unpaired) electrons. The molecule has 0 saturated heterocycles. The Morgan fingerprint density at radius 2 is 1.91 bits per heavy atom. The second-order valence-electron chi connectivity index (χ2n) is 7.71. The lowest BCUT2D eigenvalue weighted by molar-refractivity contribution is -0.137. The number of phenols is 1. The number of nitrogens with one attached hydrogen (secondary N) is 1. The van der Waals surface area contributed by atoms with Crippen molar-refractivity contribution in [3.8, 4) is 17.0 Å². The zero-order valence-electron chi connectivity index (χ0n) is 17.0. The van der Waals surface area contributed by atoms with Crippen LogP contribution >= 0.6 is 0 Å². The number of aliphatic hydroxyl groups excluding tert-OH is 1. The monoisotopic (exact) mass is 466 g/mol. The first-order valence-corrected chi connectivity index (χ1v) is 10.1. The van der Waals surface area contributed by atoms with Crippen molar-refractivity contribution in [3.05, 3.63) is 53.9 Å². The van der Waals surface area contributed by atoms with Gasteiger partial charge in [-0.2, -0.15) is 13.2 Å². The van der Waals surface area contributed by atoms with Gasteiger partial charge < -0.3 is 15.5 Å². The molecule has 0 amide bonds. The number of rotatable bonds is 4. The van der Waals surface area contributed by atoms with Gasteiger partial charge in [-0.25, -0.2) is 8.78 Å². The third kappa shape index (κ3) is 4.72. The molecule has 33 heavy (non-hydrogen) atoms. The van der Waals surface area contributed by atoms with Gasteiger partial charge in [-0.1, -0.05) is 0 Å². The van der Waals surface area contributed by atoms with Crippen molar-refractivity contribution in [2.75, 3.05) is 5.32 Å². The fourth-order valence-electron chi connectivity index (χ4n) is 3.97. The van der Waals surface area contributed by atoms with Crippen LogP contribution in [-0.4, -0.2) is 44.0 Å². The number of alkyl halides is 5. The molecule has 1 aliphatic rings. The van der Waals surface area contributed by atoms with Gasteiger partial charge in [-0.05, 0) is 55.2 Å². The smallest absolute Gasteiger partial charge is 0.416 e. The van der Waals surface area contributed by atoms with Gasteiger partial charge in [-0.3, -0.25) is 4.98 Å². The lowest BCUT2D eigenvalue weighted by Crippen LogP contribution is -2.38. The van der Waals surface area contributed by atoms with Gasteiger partial charge in [0.25, 0.3) is 6.43 Å².